The van der Waals surface area contributed by atoms with Gasteiger partial charge in [0.1, 0.15) is 0 Å². The first kappa shape index (κ1) is 16.5. The SMILES string of the molecule is CCNC(c1ccc(CC)cc1)C1(OC)CCCCCC1. The van der Waals surface area contributed by atoms with E-state index in [9.17, 15) is 0 Å². The van der Waals surface area contributed by atoms with Gasteiger partial charge in [-0.1, -0.05) is 63.8 Å². The molecule has 1 aromatic carbocycles. The monoisotopic (exact) mass is 289 g/mol. The molecule has 0 aliphatic heterocycles. The molecule has 1 aliphatic rings. The Bertz CT molecular complexity index is 404. The number of rotatable bonds is 6. The molecular formula is C19H31NO. The highest BCUT2D eigenvalue weighted by molar-refractivity contribution is 5.27. The zero-order valence-corrected chi connectivity index (χ0v) is 14.0. The molecule has 21 heavy (non-hydrogen) atoms. The zero-order chi connectivity index (χ0) is 15.1. The summed E-state index contributed by atoms with van der Waals surface area (Å²) in [5.74, 6) is 0. The number of methoxy groups -OCH3 is 1. The lowest BCUT2D eigenvalue weighted by atomic mass is 9.82. The van der Waals surface area contributed by atoms with Gasteiger partial charge in [-0.2, -0.15) is 0 Å². The lowest BCUT2D eigenvalue weighted by Crippen LogP contribution is -2.45. The second kappa shape index (κ2) is 7.95. The van der Waals surface area contributed by atoms with Crippen molar-refractivity contribution in [3.05, 3.63) is 35.4 Å². The molecule has 0 saturated heterocycles. The molecule has 1 unspecified atom stereocenters. The van der Waals surface area contributed by atoms with Crippen LogP contribution < -0.4 is 5.32 Å². The summed E-state index contributed by atoms with van der Waals surface area (Å²) in [5.41, 5.74) is 2.74. The molecule has 118 valence electrons. The average molecular weight is 289 g/mol. The van der Waals surface area contributed by atoms with E-state index in [2.05, 4.69) is 43.4 Å². The average Bonchev–Trinajstić information content (AvgIpc) is 2.79. The van der Waals surface area contributed by atoms with Gasteiger partial charge in [0.15, 0.2) is 0 Å². The molecule has 0 heterocycles. The van der Waals surface area contributed by atoms with Crippen LogP contribution in [-0.4, -0.2) is 19.3 Å². The van der Waals surface area contributed by atoms with Crippen molar-refractivity contribution in [2.75, 3.05) is 13.7 Å². The first-order valence-electron chi connectivity index (χ1n) is 8.63. The van der Waals surface area contributed by atoms with E-state index in [1.807, 2.05) is 7.11 Å². The molecular weight excluding hydrogens is 258 g/mol. The van der Waals surface area contributed by atoms with Crippen LogP contribution in [0.4, 0.5) is 0 Å². The summed E-state index contributed by atoms with van der Waals surface area (Å²) in [5, 5.41) is 3.70. The highest BCUT2D eigenvalue weighted by Gasteiger charge is 2.39. The summed E-state index contributed by atoms with van der Waals surface area (Å²) < 4.78 is 6.12. The third-order valence-corrected chi connectivity index (χ3v) is 5.01. The molecule has 1 aromatic rings. The van der Waals surface area contributed by atoms with Crippen LogP contribution in [0.2, 0.25) is 0 Å². The number of hydrogen-bond donors (Lipinski definition) is 1. The molecule has 0 spiro atoms. The van der Waals surface area contributed by atoms with Crippen molar-refractivity contribution in [3.63, 3.8) is 0 Å². The van der Waals surface area contributed by atoms with Crippen molar-refractivity contribution in [2.24, 2.45) is 0 Å². The third-order valence-electron chi connectivity index (χ3n) is 5.01. The topological polar surface area (TPSA) is 21.3 Å². The molecule has 0 radical (unpaired) electrons. The van der Waals surface area contributed by atoms with Gasteiger partial charge >= 0.3 is 0 Å². The third kappa shape index (κ3) is 3.87. The molecule has 2 rings (SSSR count). The molecule has 1 aliphatic carbocycles. The van der Waals surface area contributed by atoms with E-state index in [0.29, 0.717) is 6.04 Å². The van der Waals surface area contributed by atoms with Gasteiger partial charge in [0.05, 0.1) is 11.6 Å². The van der Waals surface area contributed by atoms with Crippen molar-refractivity contribution < 1.29 is 4.74 Å². The number of hydrogen-bond acceptors (Lipinski definition) is 2. The molecule has 1 fully saturated rings. The van der Waals surface area contributed by atoms with Gasteiger partial charge in [0, 0.05) is 7.11 Å². The fourth-order valence-electron chi connectivity index (χ4n) is 3.70. The summed E-state index contributed by atoms with van der Waals surface area (Å²) in [6.45, 7) is 5.37. The zero-order valence-electron chi connectivity index (χ0n) is 14.0. The van der Waals surface area contributed by atoms with Gasteiger partial charge in [-0.15, -0.1) is 0 Å². The van der Waals surface area contributed by atoms with Crippen LogP contribution in [0.25, 0.3) is 0 Å². The molecule has 2 heteroatoms. The first-order chi connectivity index (χ1) is 10.3. The van der Waals surface area contributed by atoms with Crippen LogP contribution >= 0.6 is 0 Å². The maximum Gasteiger partial charge on any atom is 0.0872 e. The Kier molecular flexibility index (Phi) is 6.25. The lowest BCUT2D eigenvalue weighted by molar-refractivity contribution is -0.0537. The maximum atomic E-state index is 6.12. The fourth-order valence-corrected chi connectivity index (χ4v) is 3.70. The van der Waals surface area contributed by atoms with Gasteiger partial charge in [-0.05, 0) is 36.9 Å². The summed E-state index contributed by atoms with van der Waals surface area (Å²) >= 11 is 0. The van der Waals surface area contributed by atoms with Gasteiger partial charge in [0.2, 0.25) is 0 Å². The van der Waals surface area contributed by atoms with Crippen LogP contribution in [0.1, 0.15) is 69.5 Å². The van der Waals surface area contributed by atoms with E-state index in [4.69, 9.17) is 4.74 Å². The van der Waals surface area contributed by atoms with E-state index in [1.165, 1.54) is 36.8 Å². The Balaban J connectivity index is 2.29. The fraction of sp³-hybridized carbons (Fsp3) is 0.684. The first-order valence-corrected chi connectivity index (χ1v) is 8.63. The molecule has 0 bridgehead atoms. The molecule has 1 N–H and O–H groups in total. The molecule has 0 aromatic heterocycles. The van der Waals surface area contributed by atoms with Gasteiger partial charge in [-0.25, -0.2) is 0 Å². The van der Waals surface area contributed by atoms with E-state index >= 15 is 0 Å². The standard InChI is InChI=1S/C19H31NO/c1-4-16-10-12-17(13-11-16)18(20-5-2)19(21-3)14-8-6-7-9-15-19/h10-13,18,20H,4-9,14-15H2,1-3H3. The minimum absolute atomic E-state index is 0.0414. The van der Waals surface area contributed by atoms with Crippen LogP contribution in [-0.2, 0) is 11.2 Å². The predicted octanol–water partition coefficient (Wildman–Crippen LogP) is 4.64. The number of benzene rings is 1. The van der Waals surface area contributed by atoms with Crippen LogP contribution in [0.3, 0.4) is 0 Å². The van der Waals surface area contributed by atoms with Gasteiger partial charge in [-0.3, -0.25) is 0 Å². The minimum Gasteiger partial charge on any atom is -0.376 e. The molecule has 1 saturated carbocycles. The van der Waals surface area contributed by atoms with E-state index in [1.54, 1.807) is 0 Å². The highest BCUT2D eigenvalue weighted by atomic mass is 16.5. The summed E-state index contributed by atoms with van der Waals surface area (Å²) in [7, 11) is 1.90. The Labute approximate surface area is 130 Å². The van der Waals surface area contributed by atoms with Crippen molar-refractivity contribution >= 4 is 0 Å². The summed E-state index contributed by atoms with van der Waals surface area (Å²) in [6.07, 6.45) is 8.68. The quantitative estimate of drug-likeness (QED) is 0.770. The second-order valence-electron chi connectivity index (χ2n) is 6.27. The second-order valence-corrected chi connectivity index (χ2v) is 6.27. The lowest BCUT2D eigenvalue weighted by Gasteiger charge is -2.40. The predicted molar refractivity (Wildman–Crippen MR) is 89.7 cm³/mol. The number of nitrogens with one attached hydrogen (secondary N) is 1. The van der Waals surface area contributed by atoms with Crippen molar-refractivity contribution in [1.29, 1.82) is 0 Å². The van der Waals surface area contributed by atoms with E-state index in [-0.39, 0.29) is 5.60 Å². The summed E-state index contributed by atoms with van der Waals surface area (Å²) in [4.78, 5) is 0. The van der Waals surface area contributed by atoms with Gasteiger partial charge < -0.3 is 10.1 Å². The smallest absolute Gasteiger partial charge is 0.0872 e. The van der Waals surface area contributed by atoms with Crippen LogP contribution in [0.15, 0.2) is 24.3 Å². The number of ether oxygens (including phenoxy) is 1. The number of aryl methyl sites for hydroxylation is 1. The Hall–Kier alpha value is -0.860. The van der Waals surface area contributed by atoms with Crippen molar-refractivity contribution in [3.8, 4) is 0 Å². The Morgan fingerprint density at radius 3 is 2.14 bits per heavy atom. The van der Waals surface area contributed by atoms with E-state index in [0.717, 1.165) is 25.8 Å². The maximum absolute atomic E-state index is 6.12. The van der Waals surface area contributed by atoms with Crippen LogP contribution in [0, 0.1) is 0 Å². The van der Waals surface area contributed by atoms with Crippen molar-refractivity contribution in [1.82, 2.24) is 5.32 Å². The van der Waals surface area contributed by atoms with Gasteiger partial charge in [0.25, 0.3) is 0 Å². The highest BCUT2D eigenvalue weighted by Crippen LogP contribution is 2.40. The Morgan fingerprint density at radius 2 is 1.67 bits per heavy atom. The minimum atomic E-state index is -0.0414. The molecule has 2 nitrogen and oxygen atoms in total. The Morgan fingerprint density at radius 1 is 1.05 bits per heavy atom. The number of likely N-dealkylation sites (N-methyl/N-ethyl adjacent to an activating group) is 1. The normalized spacial score (nSPS) is 20.0. The molecule has 0 amide bonds. The molecule has 1 atom stereocenters. The summed E-state index contributed by atoms with van der Waals surface area (Å²) in [6, 6.07) is 9.41. The van der Waals surface area contributed by atoms with Crippen molar-refractivity contribution in [2.45, 2.75) is 70.4 Å². The van der Waals surface area contributed by atoms with Crippen LogP contribution in [0.5, 0.6) is 0 Å². The van der Waals surface area contributed by atoms with E-state index < -0.39 is 0 Å². The largest absolute Gasteiger partial charge is 0.376 e.